The summed E-state index contributed by atoms with van der Waals surface area (Å²) in [4.78, 5) is 0.403. The molecule has 0 saturated heterocycles. The first kappa shape index (κ1) is 12.9. The van der Waals surface area contributed by atoms with E-state index in [1.165, 1.54) is 27.2 Å². The summed E-state index contributed by atoms with van der Waals surface area (Å²) >= 11 is 3.78. The number of para-hydroxylation sites is 2. The van der Waals surface area contributed by atoms with E-state index >= 15 is 0 Å². The number of benzene rings is 2. The third-order valence-corrected chi connectivity index (χ3v) is 5.31. The Morgan fingerprint density at radius 1 is 0.905 bits per heavy atom. The van der Waals surface area contributed by atoms with Crippen LogP contribution in [0.3, 0.4) is 0 Å². The van der Waals surface area contributed by atoms with Crippen molar-refractivity contribution in [3.63, 3.8) is 0 Å². The first-order valence-corrected chi connectivity index (χ1v) is 8.20. The molecule has 0 aliphatic heterocycles. The SMILES string of the molecule is CC1C=c2c(c3ccccc3n2-c2ccccc2)=CC1Br. The minimum absolute atomic E-state index is 0.403. The predicted molar refractivity (Wildman–Crippen MR) is 93.3 cm³/mol. The Labute approximate surface area is 132 Å². The Balaban J connectivity index is 2.21. The smallest absolute Gasteiger partial charge is 0.0540 e. The second-order valence-corrected chi connectivity index (χ2v) is 6.68. The molecule has 1 heterocycles. The molecule has 0 N–H and O–H groups in total. The van der Waals surface area contributed by atoms with E-state index in [1.807, 2.05) is 0 Å². The minimum Gasteiger partial charge on any atom is -0.310 e. The van der Waals surface area contributed by atoms with Crippen LogP contribution >= 0.6 is 15.9 Å². The molecule has 2 aromatic carbocycles. The lowest BCUT2D eigenvalue weighted by molar-refractivity contribution is 0.816. The maximum atomic E-state index is 3.78. The van der Waals surface area contributed by atoms with Crippen LogP contribution in [0.4, 0.5) is 0 Å². The van der Waals surface area contributed by atoms with Gasteiger partial charge in [-0.1, -0.05) is 71.4 Å². The van der Waals surface area contributed by atoms with E-state index in [1.54, 1.807) is 0 Å². The van der Waals surface area contributed by atoms with E-state index in [2.05, 4.69) is 94.2 Å². The summed E-state index contributed by atoms with van der Waals surface area (Å²) in [7, 11) is 0. The van der Waals surface area contributed by atoms with Crippen LogP contribution in [-0.4, -0.2) is 9.39 Å². The van der Waals surface area contributed by atoms with Gasteiger partial charge < -0.3 is 4.57 Å². The van der Waals surface area contributed by atoms with Gasteiger partial charge in [0.1, 0.15) is 0 Å². The van der Waals surface area contributed by atoms with Gasteiger partial charge >= 0.3 is 0 Å². The van der Waals surface area contributed by atoms with Crippen LogP contribution in [0.5, 0.6) is 0 Å². The first-order valence-electron chi connectivity index (χ1n) is 7.28. The molecule has 104 valence electrons. The van der Waals surface area contributed by atoms with Crippen molar-refractivity contribution >= 4 is 39.0 Å². The van der Waals surface area contributed by atoms with Crippen molar-refractivity contribution in [3.05, 3.63) is 65.2 Å². The second kappa shape index (κ2) is 4.88. The molecule has 4 rings (SSSR count). The van der Waals surface area contributed by atoms with Crippen LogP contribution in [0.25, 0.3) is 28.7 Å². The van der Waals surface area contributed by atoms with Crippen LogP contribution in [0, 0.1) is 5.92 Å². The van der Waals surface area contributed by atoms with Crippen LogP contribution < -0.4 is 10.6 Å². The first-order chi connectivity index (χ1) is 10.3. The lowest BCUT2D eigenvalue weighted by Gasteiger charge is -2.14. The van der Waals surface area contributed by atoms with Crippen molar-refractivity contribution in [1.29, 1.82) is 0 Å². The molecule has 1 aliphatic rings. The van der Waals surface area contributed by atoms with Gasteiger partial charge in [-0.05, 0) is 24.1 Å². The average Bonchev–Trinajstić information content (AvgIpc) is 2.82. The molecule has 0 bridgehead atoms. The molecule has 1 nitrogen and oxygen atoms in total. The molecule has 0 amide bonds. The van der Waals surface area contributed by atoms with Gasteiger partial charge in [-0.25, -0.2) is 0 Å². The summed E-state index contributed by atoms with van der Waals surface area (Å²) in [6, 6.07) is 19.3. The molecule has 1 aliphatic carbocycles. The Bertz CT molecular complexity index is 921. The molecule has 2 unspecified atom stereocenters. The highest BCUT2D eigenvalue weighted by Crippen LogP contribution is 2.21. The molecule has 0 radical (unpaired) electrons. The number of halogens is 1. The van der Waals surface area contributed by atoms with Crippen molar-refractivity contribution in [3.8, 4) is 5.69 Å². The van der Waals surface area contributed by atoms with Crippen LogP contribution in [0.2, 0.25) is 0 Å². The van der Waals surface area contributed by atoms with Gasteiger partial charge in [0, 0.05) is 21.1 Å². The zero-order valence-electron chi connectivity index (χ0n) is 11.8. The number of aromatic nitrogens is 1. The Hall–Kier alpha value is -1.80. The van der Waals surface area contributed by atoms with Crippen molar-refractivity contribution in [1.82, 2.24) is 4.57 Å². The van der Waals surface area contributed by atoms with Crippen molar-refractivity contribution < 1.29 is 0 Å². The second-order valence-electron chi connectivity index (χ2n) is 5.62. The fourth-order valence-corrected chi connectivity index (χ4v) is 3.55. The van der Waals surface area contributed by atoms with Crippen molar-refractivity contribution in [2.45, 2.75) is 11.8 Å². The molecule has 0 fully saturated rings. The van der Waals surface area contributed by atoms with E-state index in [4.69, 9.17) is 0 Å². The van der Waals surface area contributed by atoms with Crippen molar-refractivity contribution in [2.24, 2.45) is 5.92 Å². The molecular formula is C19H16BrN. The monoisotopic (exact) mass is 337 g/mol. The highest BCUT2D eigenvalue weighted by atomic mass is 79.9. The van der Waals surface area contributed by atoms with E-state index in [0.717, 1.165) is 0 Å². The van der Waals surface area contributed by atoms with Gasteiger partial charge in [-0.15, -0.1) is 0 Å². The quantitative estimate of drug-likeness (QED) is 0.598. The summed E-state index contributed by atoms with van der Waals surface area (Å²) < 4.78 is 2.37. The number of hydrogen-bond acceptors (Lipinski definition) is 0. The third-order valence-electron chi connectivity index (χ3n) is 4.22. The molecule has 21 heavy (non-hydrogen) atoms. The Morgan fingerprint density at radius 2 is 1.62 bits per heavy atom. The third kappa shape index (κ3) is 1.97. The molecule has 2 atom stereocenters. The maximum Gasteiger partial charge on any atom is 0.0540 e. The van der Waals surface area contributed by atoms with E-state index < -0.39 is 0 Å². The zero-order valence-corrected chi connectivity index (χ0v) is 13.4. The highest BCUT2D eigenvalue weighted by Gasteiger charge is 2.17. The van der Waals surface area contributed by atoms with E-state index in [9.17, 15) is 0 Å². The predicted octanol–water partition coefficient (Wildman–Crippen LogP) is 3.60. The van der Waals surface area contributed by atoms with E-state index in [-0.39, 0.29) is 0 Å². The summed E-state index contributed by atoms with van der Waals surface area (Å²) in [6.07, 6.45) is 4.73. The molecule has 3 aromatic rings. The normalized spacial score (nSPS) is 20.7. The number of alkyl halides is 1. The van der Waals surface area contributed by atoms with E-state index in [0.29, 0.717) is 10.7 Å². The molecule has 0 saturated carbocycles. The van der Waals surface area contributed by atoms with Crippen LogP contribution in [0.15, 0.2) is 54.6 Å². The number of rotatable bonds is 1. The lowest BCUT2D eigenvalue weighted by Crippen LogP contribution is -2.35. The summed E-state index contributed by atoms with van der Waals surface area (Å²) in [6.45, 7) is 2.26. The van der Waals surface area contributed by atoms with Gasteiger partial charge in [0.2, 0.25) is 0 Å². The Morgan fingerprint density at radius 3 is 2.43 bits per heavy atom. The molecule has 0 spiro atoms. The number of nitrogens with zero attached hydrogens (tertiary/aromatic N) is 1. The van der Waals surface area contributed by atoms with Gasteiger partial charge in [0.15, 0.2) is 0 Å². The largest absolute Gasteiger partial charge is 0.310 e. The van der Waals surface area contributed by atoms with Gasteiger partial charge in [-0.2, -0.15) is 0 Å². The van der Waals surface area contributed by atoms with Gasteiger partial charge in [-0.3, -0.25) is 0 Å². The number of fused-ring (bicyclic) bond motifs is 3. The standard InChI is InChI=1S/C19H16BrN/c1-13-11-19-16(12-17(13)20)15-9-5-6-10-18(15)21(19)14-7-3-2-4-8-14/h2-13,17H,1H3. The fourth-order valence-electron chi connectivity index (χ4n) is 3.13. The minimum atomic E-state index is 0.403. The molecule has 1 aromatic heterocycles. The van der Waals surface area contributed by atoms with Crippen molar-refractivity contribution in [2.75, 3.05) is 0 Å². The summed E-state index contributed by atoms with van der Waals surface area (Å²) in [5.74, 6) is 0.490. The lowest BCUT2D eigenvalue weighted by atomic mass is 10.0. The Kier molecular flexibility index (Phi) is 3.00. The van der Waals surface area contributed by atoms with Gasteiger partial charge in [0.25, 0.3) is 0 Å². The zero-order chi connectivity index (χ0) is 14.4. The van der Waals surface area contributed by atoms with Gasteiger partial charge in [0.05, 0.1) is 10.9 Å². The summed E-state index contributed by atoms with van der Waals surface area (Å²) in [5, 5.41) is 3.98. The van der Waals surface area contributed by atoms with Crippen LogP contribution in [0.1, 0.15) is 6.92 Å². The highest BCUT2D eigenvalue weighted by molar-refractivity contribution is 9.09. The topological polar surface area (TPSA) is 4.93 Å². The number of hydrogen-bond donors (Lipinski definition) is 0. The molecule has 2 heteroatoms. The maximum absolute atomic E-state index is 3.78. The fraction of sp³-hybridized carbons (Fsp3) is 0.158. The average molecular weight is 338 g/mol. The summed E-state index contributed by atoms with van der Waals surface area (Å²) in [5.41, 5.74) is 2.50. The molecular weight excluding hydrogens is 322 g/mol. The van der Waals surface area contributed by atoms with Crippen LogP contribution in [-0.2, 0) is 0 Å².